The molecule has 0 radical (unpaired) electrons. The van der Waals surface area contributed by atoms with Gasteiger partial charge in [0.1, 0.15) is 0 Å². The van der Waals surface area contributed by atoms with Gasteiger partial charge in [-0.05, 0) is 61.9 Å². The summed E-state index contributed by atoms with van der Waals surface area (Å²) in [4.78, 5) is 28.4. The molecule has 2 fully saturated rings. The number of fused-ring (bicyclic) bond motifs is 1. The first-order chi connectivity index (χ1) is 20.1. The van der Waals surface area contributed by atoms with E-state index in [1.54, 1.807) is 24.1 Å². The number of amides is 2. The monoisotopic (exact) mass is 622 g/mol. The van der Waals surface area contributed by atoms with E-state index in [4.69, 9.17) is 20.3 Å². The summed E-state index contributed by atoms with van der Waals surface area (Å²) in [6.45, 7) is 0.689. The van der Waals surface area contributed by atoms with Crippen LogP contribution in [0.25, 0.3) is 0 Å². The molecule has 2 amide bonds. The van der Waals surface area contributed by atoms with E-state index in [1.165, 1.54) is 18.2 Å². The van der Waals surface area contributed by atoms with Crippen molar-refractivity contribution >= 4 is 29.9 Å². The standard InChI is InChI=1S/C31H37F3N4O4.ClH/c1-41-26-12-11-20(18-27(26)42-2)28-22-8-4-5-9-23(22)29(39)38(36-28)21-13-15-37(16-14-21)30(40)25(35)17-19-7-3-6-10-24(19)31(32,33)34;/h3,6-7,10-12,18,21-23,25H,4-5,8-9,13-17,35H2,1-2H3;1H/t22-,23+,25+;/m0./s1. The van der Waals surface area contributed by atoms with Gasteiger partial charge in [-0.1, -0.05) is 31.0 Å². The molecule has 234 valence electrons. The van der Waals surface area contributed by atoms with Crippen LogP contribution in [0.5, 0.6) is 11.5 Å². The molecule has 12 heteroatoms. The number of nitrogens with two attached hydrogens (primary N) is 1. The zero-order valence-electron chi connectivity index (χ0n) is 24.3. The number of hydrogen-bond donors (Lipinski definition) is 1. The van der Waals surface area contributed by atoms with Gasteiger partial charge in [0.05, 0.1) is 37.6 Å². The van der Waals surface area contributed by atoms with Gasteiger partial charge in [0.2, 0.25) is 11.8 Å². The molecule has 8 nitrogen and oxygen atoms in total. The van der Waals surface area contributed by atoms with E-state index in [2.05, 4.69) is 0 Å². The zero-order valence-corrected chi connectivity index (χ0v) is 25.1. The Balaban J connectivity index is 0.00000423. The number of ether oxygens (including phenoxy) is 2. The van der Waals surface area contributed by atoms with Crippen molar-refractivity contribution < 1.29 is 32.2 Å². The van der Waals surface area contributed by atoms with Gasteiger partial charge in [-0.25, -0.2) is 5.01 Å². The number of alkyl halides is 3. The summed E-state index contributed by atoms with van der Waals surface area (Å²) in [7, 11) is 3.16. The van der Waals surface area contributed by atoms with Gasteiger partial charge < -0.3 is 20.1 Å². The maximum atomic E-state index is 13.7. The fourth-order valence-electron chi connectivity index (χ4n) is 6.56. The minimum Gasteiger partial charge on any atom is -0.493 e. The highest BCUT2D eigenvalue weighted by Crippen LogP contribution is 2.40. The summed E-state index contributed by atoms with van der Waals surface area (Å²) in [5.74, 6) is 0.713. The highest BCUT2D eigenvalue weighted by Gasteiger charge is 2.44. The predicted molar refractivity (Wildman–Crippen MR) is 158 cm³/mol. The minimum atomic E-state index is -4.52. The molecule has 2 N–H and O–H groups in total. The van der Waals surface area contributed by atoms with Gasteiger partial charge >= 0.3 is 6.18 Å². The predicted octanol–water partition coefficient (Wildman–Crippen LogP) is 5.06. The number of methoxy groups -OCH3 is 2. The Morgan fingerprint density at radius 2 is 1.65 bits per heavy atom. The largest absolute Gasteiger partial charge is 0.493 e. The first-order valence-corrected chi connectivity index (χ1v) is 14.5. The first kappa shape index (κ1) is 32.6. The summed E-state index contributed by atoms with van der Waals surface area (Å²) in [5.41, 5.74) is 7.10. The van der Waals surface area contributed by atoms with Gasteiger partial charge in [-0.15, -0.1) is 12.4 Å². The van der Waals surface area contributed by atoms with Gasteiger partial charge in [0, 0.05) is 30.5 Å². The number of halogens is 4. The molecule has 1 saturated carbocycles. The Kier molecular flexibility index (Phi) is 10.3. The number of nitrogens with zero attached hydrogens (tertiary/aromatic N) is 3. The van der Waals surface area contributed by atoms with Crippen LogP contribution in [0.15, 0.2) is 47.6 Å². The Labute approximate surface area is 255 Å². The molecular formula is C31H38ClF3N4O4. The Bertz CT molecular complexity index is 1350. The molecule has 1 aliphatic carbocycles. The average molecular weight is 623 g/mol. The SMILES string of the molecule is COc1ccc(C2=NN(C3CCN(C(=O)[C@H](N)Cc4ccccc4C(F)(F)F)CC3)C(=O)[C@@H]3CCCC[C@H]23)cc1OC.Cl. The van der Waals surface area contributed by atoms with E-state index in [0.29, 0.717) is 37.4 Å². The first-order valence-electron chi connectivity index (χ1n) is 14.5. The Morgan fingerprint density at radius 1 is 1.00 bits per heavy atom. The molecular weight excluding hydrogens is 585 g/mol. The van der Waals surface area contributed by atoms with Crippen molar-refractivity contribution in [2.75, 3.05) is 27.3 Å². The van der Waals surface area contributed by atoms with Gasteiger partial charge in [0.25, 0.3) is 0 Å². The Hall–Kier alpha value is -3.31. The molecule has 1 saturated heterocycles. The van der Waals surface area contributed by atoms with Crippen LogP contribution in [0, 0.1) is 11.8 Å². The van der Waals surface area contributed by atoms with Crippen LogP contribution in [-0.4, -0.2) is 66.8 Å². The van der Waals surface area contributed by atoms with Crippen LogP contribution in [0.2, 0.25) is 0 Å². The molecule has 0 unspecified atom stereocenters. The lowest BCUT2D eigenvalue weighted by atomic mass is 9.73. The topological polar surface area (TPSA) is 97.5 Å². The van der Waals surface area contributed by atoms with Crippen molar-refractivity contribution in [2.45, 2.75) is 63.2 Å². The highest BCUT2D eigenvalue weighted by atomic mass is 35.5. The molecule has 2 aromatic carbocycles. The van der Waals surface area contributed by atoms with Crippen LogP contribution in [-0.2, 0) is 22.2 Å². The lowest BCUT2D eigenvalue weighted by Gasteiger charge is -2.43. The summed E-state index contributed by atoms with van der Waals surface area (Å²) < 4.78 is 51.2. The van der Waals surface area contributed by atoms with Gasteiger partial charge in [0.15, 0.2) is 11.5 Å². The second kappa shape index (κ2) is 13.5. The second-order valence-electron chi connectivity index (χ2n) is 11.3. The lowest BCUT2D eigenvalue weighted by Crippen LogP contribution is -2.54. The molecule has 0 spiro atoms. The molecule has 5 rings (SSSR count). The van der Waals surface area contributed by atoms with Crippen LogP contribution >= 0.6 is 12.4 Å². The molecule has 2 heterocycles. The maximum Gasteiger partial charge on any atom is 0.416 e. The fraction of sp³-hybridized carbons (Fsp3) is 0.516. The quantitative estimate of drug-likeness (QED) is 0.466. The van der Waals surface area contributed by atoms with E-state index in [-0.39, 0.29) is 48.2 Å². The summed E-state index contributed by atoms with van der Waals surface area (Å²) in [5, 5.41) is 6.56. The molecule has 2 aliphatic heterocycles. The van der Waals surface area contributed by atoms with E-state index < -0.39 is 23.7 Å². The van der Waals surface area contributed by atoms with Crippen molar-refractivity contribution in [3.63, 3.8) is 0 Å². The molecule has 2 aromatic rings. The number of benzene rings is 2. The highest BCUT2D eigenvalue weighted by molar-refractivity contribution is 6.07. The van der Waals surface area contributed by atoms with Crippen LogP contribution in [0.3, 0.4) is 0 Å². The summed E-state index contributed by atoms with van der Waals surface area (Å²) in [6, 6.07) is 9.59. The summed E-state index contributed by atoms with van der Waals surface area (Å²) in [6.07, 6.45) is -0.00479. The van der Waals surface area contributed by atoms with Gasteiger partial charge in [-0.3, -0.25) is 9.59 Å². The molecule has 0 bridgehead atoms. The van der Waals surface area contributed by atoms with Crippen molar-refractivity contribution in [3.8, 4) is 11.5 Å². The third-order valence-corrected chi connectivity index (χ3v) is 8.76. The number of rotatable bonds is 7. The van der Waals surface area contributed by atoms with E-state index in [9.17, 15) is 22.8 Å². The molecule has 0 aromatic heterocycles. The number of hydrazone groups is 1. The van der Waals surface area contributed by atoms with Crippen LogP contribution < -0.4 is 15.2 Å². The lowest BCUT2D eigenvalue weighted by molar-refractivity contribution is -0.144. The van der Waals surface area contributed by atoms with Gasteiger partial charge in [-0.2, -0.15) is 18.3 Å². The summed E-state index contributed by atoms with van der Waals surface area (Å²) >= 11 is 0. The van der Waals surface area contributed by atoms with Crippen molar-refractivity contribution in [3.05, 3.63) is 59.2 Å². The minimum absolute atomic E-state index is 0. The number of hydrogen-bond acceptors (Lipinski definition) is 6. The Morgan fingerprint density at radius 3 is 2.30 bits per heavy atom. The third-order valence-electron chi connectivity index (χ3n) is 8.76. The van der Waals surface area contributed by atoms with Crippen molar-refractivity contribution in [2.24, 2.45) is 22.7 Å². The van der Waals surface area contributed by atoms with E-state index in [0.717, 1.165) is 43.0 Å². The zero-order chi connectivity index (χ0) is 30.0. The molecule has 3 aliphatic rings. The third kappa shape index (κ3) is 6.77. The normalized spacial score (nSPS) is 21.8. The van der Waals surface area contributed by atoms with Crippen LogP contribution in [0.1, 0.15) is 55.2 Å². The second-order valence-corrected chi connectivity index (χ2v) is 11.3. The van der Waals surface area contributed by atoms with Crippen LogP contribution in [0.4, 0.5) is 13.2 Å². The maximum absolute atomic E-state index is 13.7. The number of carbonyl (C=O) groups excluding carboxylic acids is 2. The van der Waals surface area contributed by atoms with E-state index in [1.807, 2.05) is 18.2 Å². The van der Waals surface area contributed by atoms with Crippen molar-refractivity contribution in [1.82, 2.24) is 9.91 Å². The molecule has 43 heavy (non-hydrogen) atoms. The fourth-order valence-corrected chi connectivity index (χ4v) is 6.56. The number of piperidine rings is 1. The van der Waals surface area contributed by atoms with Crippen molar-refractivity contribution in [1.29, 1.82) is 0 Å². The number of carbonyl (C=O) groups is 2. The smallest absolute Gasteiger partial charge is 0.416 e. The van der Waals surface area contributed by atoms with E-state index >= 15 is 0 Å². The average Bonchev–Trinajstić information content (AvgIpc) is 3.00. The number of likely N-dealkylation sites (tertiary alicyclic amines) is 1. The molecule has 3 atom stereocenters.